The van der Waals surface area contributed by atoms with Gasteiger partial charge in [0.25, 0.3) is 0 Å². The zero-order valence-corrected chi connectivity index (χ0v) is 14.7. The highest BCUT2D eigenvalue weighted by molar-refractivity contribution is 8.69. The molecule has 0 heterocycles. The maximum atomic E-state index is 10.7. The number of aliphatic imine (C=N–C) groups is 1. The van der Waals surface area contributed by atoms with Gasteiger partial charge in [0.15, 0.2) is 0 Å². The number of hydrogen-bond donors (Lipinski definition) is 2. The van der Waals surface area contributed by atoms with E-state index in [1.54, 1.807) is 0 Å². The van der Waals surface area contributed by atoms with Crippen molar-refractivity contribution in [1.82, 2.24) is 0 Å². The first-order chi connectivity index (χ1) is 11.5. The lowest BCUT2D eigenvalue weighted by molar-refractivity contribution is 0.503. The van der Waals surface area contributed by atoms with Gasteiger partial charge < -0.3 is 5.73 Å². The Hall–Kier alpha value is -1.83. The molecule has 0 unspecified atom stereocenters. The molecule has 2 rings (SSSR count). The summed E-state index contributed by atoms with van der Waals surface area (Å²) in [6.45, 7) is 0.483. The lowest BCUT2D eigenvalue weighted by Crippen LogP contribution is -2.16. The fourth-order valence-corrected chi connectivity index (χ4v) is 3.70. The first-order valence-corrected chi connectivity index (χ1v) is 10.4. The summed E-state index contributed by atoms with van der Waals surface area (Å²) in [6.07, 6.45) is 0.306. The predicted molar refractivity (Wildman–Crippen MR) is 99.8 cm³/mol. The van der Waals surface area contributed by atoms with Crippen molar-refractivity contribution in [1.29, 1.82) is 0 Å². The molecule has 3 N–H and O–H groups in total. The summed E-state index contributed by atoms with van der Waals surface area (Å²) in [7, 11) is -3.58. The van der Waals surface area contributed by atoms with Crippen molar-refractivity contribution in [3.63, 3.8) is 0 Å². The van der Waals surface area contributed by atoms with E-state index in [4.69, 9.17) is 10.3 Å². The van der Waals surface area contributed by atoms with Crippen molar-refractivity contribution in [2.75, 3.05) is 12.3 Å². The van der Waals surface area contributed by atoms with Gasteiger partial charge in [-0.3, -0.25) is 9.55 Å². The Bertz CT molecular complexity index is 723. The van der Waals surface area contributed by atoms with E-state index in [9.17, 15) is 8.42 Å². The average molecular weight is 364 g/mol. The third kappa shape index (κ3) is 6.35. The molecule has 5 nitrogen and oxygen atoms in total. The Kier molecular flexibility index (Phi) is 6.84. The molecule has 0 amide bonds. The molecule has 0 spiro atoms. The van der Waals surface area contributed by atoms with Crippen LogP contribution in [-0.4, -0.2) is 31.1 Å². The Morgan fingerprint density at radius 3 is 2.00 bits per heavy atom. The van der Waals surface area contributed by atoms with Crippen molar-refractivity contribution < 1.29 is 13.0 Å². The molecule has 0 aromatic heterocycles. The molecule has 0 saturated heterocycles. The minimum absolute atomic E-state index is 0.0835. The summed E-state index contributed by atoms with van der Waals surface area (Å²) in [5.74, 6) is 0.637. The lowest BCUT2D eigenvalue weighted by atomic mass is 9.91. The number of nitrogens with zero attached hydrogens (tertiary/aromatic N) is 1. The van der Waals surface area contributed by atoms with Crippen LogP contribution in [0.3, 0.4) is 0 Å². The van der Waals surface area contributed by atoms with Gasteiger partial charge in [0.2, 0.25) is 0 Å². The minimum Gasteiger partial charge on any atom is -0.387 e. The second kappa shape index (κ2) is 8.86. The molecule has 0 atom stereocenters. The summed E-state index contributed by atoms with van der Waals surface area (Å²) < 4.78 is 30.1. The van der Waals surface area contributed by atoms with Gasteiger partial charge in [0, 0.05) is 18.1 Å². The smallest absolute Gasteiger partial charge is 0.319 e. The third-order valence-electron chi connectivity index (χ3n) is 3.47. The summed E-state index contributed by atoms with van der Waals surface area (Å²) in [5.41, 5.74) is 8.16. The molecule has 0 fully saturated rings. The topological polar surface area (TPSA) is 92.8 Å². The van der Waals surface area contributed by atoms with Crippen molar-refractivity contribution in [3.05, 3.63) is 71.8 Å². The second-order valence-corrected chi connectivity index (χ2v) is 8.68. The van der Waals surface area contributed by atoms with Crippen LogP contribution < -0.4 is 5.73 Å². The van der Waals surface area contributed by atoms with E-state index < -0.39 is 9.15 Å². The van der Waals surface area contributed by atoms with Gasteiger partial charge in [-0.25, -0.2) is 0 Å². The van der Waals surface area contributed by atoms with Gasteiger partial charge in [-0.2, -0.15) is 8.42 Å². The van der Waals surface area contributed by atoms with Gasteiger partial charge in [0.05, 0.1) is 12.4 Å². The normalized spacial score (nSPS) is 12.5. The summed E-state index contributed by atoms with van der Waals surface area (Å²) in [6, 6.07) is 20.1. The summed E-state index contributed by atoms with van der Waals surface area (Å²) in [5, 5.41) is 0. The van der Waals surface area contributed by atoms with E-state index in [2.05, 4.69) is 29.3 Å². The summed E-state index contributed by atoms with van der Waals surface area (Å²) in [4.78, 5) is 4.40. The molecule has 0 saturated carbocycles. The van der Waals surface area contributed by atoms with Crippen LogP contribution in [-0.2, 0) is 9.15 Å². The van der Waals surface area contributed by atoms with E-state index in [-0.39, 0.29) is 11.7 Å². The van der Waals surface area contributed by atoms with Crippen LogP contribution in [0.25, 0.3) is 0 Å². The van der Waals surface area contributed by atoms with E-state index in [1.165, 1.54) is 0 Å². The average Bonchev–Trinajstić information content (AvgIpc) is 2.56. The highest BCUT2D eigenvalue weighted by Gasteiger charge is 2.13. The Labute approximate surface area is 146 Å². The SMILES string of the molecule is NC(CCSS(=O)(=O)O)=NCC(c1ccccc1)c1ccccc1. The number of nitrogens with two attached hydrogens (primary N) is 1. The predicted octanol–water partition coefficient (Wildman–Crippen LogP) is 3.10. The van der Waals surface area contributed by atoms with Crippen LogP contribution in [0.2, 0.25) is 0 Å². The van der Waals surface area contributed by atoms with Crippen LogP contribution >= 0.6 is 10.8 Å². The highest BCUT2D eigenvalue weighted by Crippen LogP contribution is 2.24. The van der Waals surface area contributed by atoms with Gasteiger partial charge in [-0.05, 0) is 21.9 Å². The van der Waals surface area contributed by atoms with E-state index in [1.807, 2.05) is 36.4 Å². The van der Waals surface area contributed by atoms with Crippen LogP contribution in [0.5, 0.6) is 0 Å². The van der Waals surface area contributed by atoms with E-state index in [0.717, 1.165) is 11.1 Å². The number of benzene rings is 2. The molecule has 128 valence electrons. The Balaban J connectivity index is 2.08. The quantitative estimate of drug-likeness (QED) is 0.325. The maximum Gasteiger partial charge on any atom is 0.319 e. The van der Waals surface area contributed by atoms with Crippen LogP contribution in [0, 0.1) is 0 Å². The molecular formula is C17H20N2O3S2. The number of amidine groups is 1. The molecule has 0 aliphatic rings. The third-order valence-corrected chi connectivity index (χ3v) is 5.53. The first kappa shape index (κ1) is 18.5. The zero-order valence-electron chi connectivity index (χ0n) is 13.1. The molecule has 0 aliphatic carbocycles. The first-order valence-electron chi connectivity index (χ1n) is 7.46. The van der Waals surface area contributed by atoms with Crippen LogP contribution in [0.15, 0.2) is 65.7 Å². The second-order valence-electron chi connectivity index (χ2n) is 5.21. The Morgan fingerprint density at radius 2 is 1.54 bits per heavy atom. The monoisotopic (exact) mass is 364 g/mol. The number of hydrogen-bond acceptors (Lipinski definition) is 4. The molecule has 0 radical (unpaired) electrons. The summed E-state index contributed by atoms with van der Waals surface area (Å²) >= 11 is 0. The molecule has 0 aliphatic heterocycles. The van der Waals surface area contributed by atoms with Gasteiger partial charge in [-0.1, -0.05) is 60.7 Å². The van der Waals surface area contributed by atoms with Crippen molar-refractivity contribution in [2.24, 2.45) is 10.7 Å². The molecular weight excluding hydrogens is 344 g/mol. The maximum absolute atomic E-state index is 10.7. The molecule has 0 bridgehead atoms. The van der Waals surface area contributed by atoms with E-state index >= 15 is 0 Å². The van der Waals surface area contributed by atoms with Crippen molar-refractivity contribution in [3.8, 4) is 0 Å². The molecule has 24 heavy (non-hydrogen) atoms. The van der Waals surface area contributed by atoms with E-state index in [0.29, 0.717) is 29.6 Å². The van der Waals surface area contributed by atoms with Crippen LogP contribution in [0.1, 0.15) is 23.5 Å². The van der Waals surface area contributed by atoms with Gasteiger partial charge in [0.1, 0.15) is 0 Å². The molecule has 2 aromatic rings. The molecule has 2 aromatic carbocycles. The van der Waals surface area contributed by atoms with Gasteiger partial charge in [-0.15, -0.1) is 0 Å². The van der Waals surface area contributed by atoms with Crippen molar-refractivity contribution >= 4 is 25.8 Å². The fraction of sp³-hybridized carbons (Fsp3) is 0.235. The largest absolute Gasteiger partial charge is 0.387 e. The highest BCUT2D eigenvalue weighted by atomic mass is 33.1. The number of rotatable bonds is 8. The fourth-order valence-electron chi connectivity index (χ4n) is 2.31. The molecule has 7 heteroatoms. The zero-order chi connectivity index (χ0) is 17.4. The van der Waals surface area contributed by atoms with Crippen molar-refractivity contribution in [2.45, 2.75) is 12.3 Å². The lowest BCUT2D eigenvalue weighted by Gasteiger charge is -2.16. The van der Waals surface area contributed by atoms with Crippen LogP contribution in [0.4, 0.5) is 0 Å². The van der Waals surface area contributed by atoms with Gasteiger partial charge >= 0.3 is 9.15 Å². The standard InChI is InChI=1S/C17H20N2O3S2/c18-17(11-12-23-24(20,21)22)19-13-16(14-7-3-1-4-8-14)15-9-5-2-6-10-15/h1-10,16H,11-13H2,(H2,18,19)(H,20,21,22). The Morgan fingerprint density at radius 1 is 1.04 bits per heavy atom. The minimum atomic E-state index is -4.03.